The predicted octanol–water partition coefficient (Wildman–Crippen LogP) is 5.29. The van der Waals surface area contributed by atoms with Crippen LogP contribution in [0, 0.1) is 0 Å². The fourth-order valence-corrected chi connectivity index (χ4v) is 3.69. The molecule has 2 aromatic carbocycles. The fourth-order valence-electron chi connectivity index (χ4n) is 3.69. The first-order valence-electron chi connectivity index (χ1n) is 9.96. The number of carbonyl (C=O) groups is 1. The molecule has 0 aromatic heterocycles. The van der Waals surface area contributed by atoms with Crippen molar-refractivity contribution in [3.05, 3.63) is 59.7 Å². The lowest BCUT2D eigenvalue weighted by atomic mass is 9.93. The van der Waals surface area contributed by atoms with Gasteiger partial charge in [-0.05, 0) is 35.1 Å². The number of para-hydroxylation sites is 2. The first-order valence-corrected chi connectivity index (χ1v) is 9.96. The molecule has 0 atom stereocenters. The number of anilines is 2. The second-order valence-electron chi connectivity index (χ2n) is 7.86. The molecule has 144 valence electrons. The molecule has 0 bridgehead atoms. The molecule has 1 aliphatic rings. The summed E-state index contributed by atoms with van der Waals surface area (Å²) < 4.78 is 0. The first-order chi connectivity index (χ1) is 13.0. The van der Waals surface area contributed by atoms with Crippen LogP contribution in [-0.4, -0.2) is 37.1 Å². The van der Waals surface area contributed by atoms with Crippen LogP contribution in [0.3, 0.4) is 0 Å². The Morgan fingerprint density at radius 3 is 1.89 bits per heavy atom. The highest BCUT2D eigenvalue weighted by Crippen LogP contribution is 2.32. The van der Waals surface area contributed by atoms with Gasteiger partial charge in [-0.2, -0.15) is 0 Å². The summed E-state index contributed by atoms with van der Waals surface area (Å²) in [4.78, 5) is 17.2. The van der Waals surface area contributed by atoms with Crippen molar-refractivity contribution < 1.29 is 4.79 Å². The molecule has 1 heterocycles. The number of carbonyl (C=O) groups excluding carboxylic acids is 1. The molecule has 0 radical (unpaired) electrons. The van der Waals surface area contributed by atoms with E-state index in [0.717, 1.165) is 31.9 Å². The minimum Gasteiger partial charge on any atom is -0.368 e. The summed E-state index contributed by atoms with van der Waals surface area (Å²) in [6, 6.07) is 16.8. The van der Waals surface area contributed by atoms with Gasteiger partial charge in [0.1, 0.15) is 0 Å². The number of hydrogen-bond acceptors (Lipinski definition) is 2. The Morgan fingerprint density at radius 1 is 0.815 bits per heavy atom. The molecule has 4 heteroatoms. The molecule has 2 amide bonds. The maximum Gasteiger partial charge on any atom is 0.321 e. The van der Waals surface area contributed by atoms with Crippen molar-refractivity contribution in [2.75, 3.05) is 36.4 Å². The third-order valence-corrected chi connectivity index (χ3v) is 5.29. The number of amides is 2. The molecule has 0 aliphatic carbocycles. The standard InChI is InChI=1S/C23H31N3O/c1-17(2)20-11-8-12-21(18(3)4)22(20)24-23(27)26-15-13-25(14-16-26)19-9-6-5-7-10-19/h5-12,17-18H,13-16H2,1-4H3,(H,24,27). The van der Waals surface area contributed by atoms with Crippen molar-refractivity contribution in [2.45, 2.75) is 39.5 Å². The van der Waals surface area contributed by atoms with Gasteiger partial charge in [0.2, 0.25) is 0 Å². The monoisotopic (exact) mass is 365 g/mol. The normalized spacial score (nSPS) is 14.7. The van der Waals surface area contributed by atoms with Gasteiger partial charge in [-0.3, -0.25) is 0 Å². The lowest BCUT2D eigenvalue weighted by Gasteiger charge is -2.36. The molecule has 27 heavy (non-hydrogen) atoms. The molecule has 0 unspecified atom stereocenters. The molecule has 1 fully saturated rings. The average Bonchev–Trinajstić information content (AvgIpc) is 2.68. The minimum absolute atomic E-state index is 0.0118. The van der Waals surface area contributed by atoms with Gasteiger partial charge in [-0.15, -0.1) is 0 Å². The molecule has 2 aromatic rings. The Bertz CT molecular complexity index is 736. The Morgan fingerprint density at radius 2 is 1.37 bits per heavy atom. The number of urea groups is 1. The van der Waals surface area contributed by atoms with Crippen molar-refractivity contribution in [1.29, 1.82) is 0 Å². The van der Waals surface area contributed by atoms with Gasteiger partial charge in [-0.1, -0.05) is 64.1 Å². The van der Waals surface area contributed by atoms with Gasteiger partial charge in [0.05, 0.1) is 0 Å². The van der Waals surface area contributed by atoms with Gasteiger partial charge >= 0.3 is 6.03 Å². The first kappa shape index (κ1) is 19.3. The Hall–Kier alpha value is -2.49. The van der Waals surface area contributed by atoms with Crippen LogP contribution in [0.4, 0.5) is 16.2 Å². The van der Waals surface area contributed by atoms with Crippen LogP contribution in [0.1, 0.15) is 50.7 Å². The summed E-state index contributed by atoms with van der Waals surface area (Å²) >= 11 is 0. The minimum atomic E-state index is 0.0118. The molecule has 1 saturated heterocycles. The van der Waals surface area contributed by atoms with Crippen LogP contribution in [0.15, 0.2) is 48.5 Å². The zero-order valence-corrected chi connectivity index (χ0v) is 16.9. The SMILES string of the molecule is CC(C)c1cccc(C(C)C)c1NC(=O)N1CCN(c2ccccc2)CC1. The molecule has 1 N–H and O–H groups in total. The number of piperazine rings is 1. The number of rotatable bonds is 4. The van der Waals surface area contributed by atoms with Gasteiger partial charge in [0, 0.05) is 37.6 Å². The summed E-state index contributed by atoms with van der Waals surface area (Å²) in [6.07, 6.45) is 0. The van der Waals surface area contributed by atoms with E-state index >= 15 is 0 Å². The number of benzene rings is 2. The predicted molar refractivity (Wildman–Crippen MR) is 114 cm³/mol. The third kappa shape index (κ3) is 4.44. The average molecular weight is 366 g/mol. The smallest absolute Gasteiger partial charge is 0.321 e. The molecule has 0 saturated carbocycles. The van der Waals surface area contributed by atoms with Crippen molar-refractivity contribution in [1.82, 2.24) is 4.90 Å². The molecular formula is C23H31N3O. The summed E-state index contributed by atoms with van der Waals surface area (Å²) in [5.74, 6) is 0.739. The van der Waals surface area contributed by atoms with Crippen molar-refractivity contribution in [2.24, 2.45) is 0 Å². The fraction of sp³-hybridized carbons (Fsp3) is 0.435. The Labute approximate surface area is 163 Å². The molecule has 4 nitrogen and oxygen atoms in total. The van der Waals surface area contributed by atoms with Crippen LogP contribution < -0.4 is 10.2 Å². The van der Waals surface area contributed by atoms with Gasteiger partial charge < -0.3 is 15.1 Å². The third-order valence-electron chi connectivity index (χ3n) is 5.29. The largest absolute Gasteiger partial charge is 0.368 e. The highest BCUT2D eigenvalue weighted by Gasteiger charge is 2.23. The molecule has 1 aliphatic heterocycles. The van der Waals surface area contributed by atoms with Crippen LogP contribution >= 0.6 is 0 Å². The second kappa shape index (κ2) is 8.47. The molecule has 0 spiro atoms. The van der Waals surface area contributed by atoms with E-state index in [4.69, 9.17) is 0 Å². The lowest BCUT2D eigenvalue weighted by molar-refractivity contribution is 0.208. The summed E-state index contributed by atoms with van der Waals surface area (Å²) in [5.41, 5.74) is 4.64. The van der Waals surface area contributed by atoms with E-state index in [1.807, 2.05) is 11.0 Å². The van der Waals surface area contributed by atoms with Crippen molar-refractivity contribution in [3.63, 3.8) is 0 Å². The highest BCUT2D eigenvalue weighted by atomic mass is 16.2. The van der Waals surface area contributed by atoms with E-state index < -0.39 is 0 Å². The number of nitrogens with one attached hydrogen (secondary N) is 1. The number of hydrogen-bond donors (Lipinski definition) is 1. The Kier molecular flexibility index (Phi) is 6.04. The van der Waals surface area contributed by atoms with Crippen molar-refractivity contribution in [3.8, 4) is 0 Å². The van der Waals surface area contributed by atoms with Crippen LogP contribution in [0.2, 0.25) is 0 Å². The zero-order valence-electron chi connectivity index (χ0n) is 16.9. The molecular weight excluding hydrogens is 334 g/mol. The highest BCUT2D eigenvalue weighted by molar-refractivity contribution is 5.91. The van der Waals surface area contributed by atoms with E-state index in [2.05, 4.69) is 80.4 Å². The molecule has 3 rings (SSSR count). The summed E-state index contributed by atoms with van der Waals surface area (Å²) in [5, 5.41) is 3.23. The van der Waals surface area contributed by atoms with Gasteiger partial charge in [0.15, 0.2) is 0 Å². The van der Waals surface area contributed by atoms with Gasteiger partial charge in [-0.25, -0.2) is 4.79 Å². The maximum atomic E-state index is 13.0. The summed E-state index contributed by atoms with van der Waals surface area (Å²) in [7, 11) is 0. The maximum absolute atomic E-state index is 13.0. The lowest BCUT2D eigenvalue weighted by Crippen LogP contribution is -2.50. The van der Waals surface area contributed by atoms with Crippen LogP contribution in [0.5, 0.6) is 0 Å². The summed E-state index contributed by atoms with van der Waals surface area (Å²) in [6.45, 7) is 11.9. The van der Waals surface area contributed by atoms with E-state index in [-0.39, 0.29) is 6.03 Å². The van der Waals surface area contributed by atoms with Gasteiger partial charge in [0.25, 0.3) is 0 Å². The van der Waals surface area contributed by atoms with Crippen molar-refractivity contribution >= 4 is 17.4 Å². The van der Waals surface area contributed by atoms with Crippen LogP contribution in [-0.2, 0) is 0 Å². The van der Waals surface area contributed by atoms with E-state index in [0.29, 0.717) is 11.8 Å². The van der Waals surface area contributed by atoms with E-state index in [1.165, 1.54) is 16.8 Å². The number of nitrogens with zero attached hydrogens (tertiary/aromatic N) is 2. The topological polar surface area (TPSA) is 35.6 Å². The van der Waals surface area contributed by atoms with E-state index in [1.54, 1.807) is 0 Å². The second-order valence-corrected chi connectivity index (χ2v) is 7.86. The Balaban J connectivity index is 1.70. The quantitative estimate of drug-likeness (QED) is 0.799. The zero-order chi connectivity index (χ0) is 19.4. The van der Waals surface area contributed by atoms with E-state index in [9.17, 15) is 4.79 Å². The van der Waals surface area contributed by atoms with Crippen LogP contribution in [0.25, 0.3) is 0 Å².